The summed E-state index contributed by atoms with van der Waals surface area (Å²) in [4.78, 5) is 15.2. The second-order valence-corrected chi connectivity index (χ2v) is 6.69. The molecular weight excluding hydrogens is 288 g/mol. The zero-order valence-electron chi connectivity index (χ0n) is 11.9. The van der Waals surface area contributed by atoms with Gasteiger partial charge in [-0.2, -0.15) is 5.10 Å². The summed E-state index contributed by atoms with van der Waals surface area (Å²) >= 11 is 1.25. The molecule has 0 aromatic carbocycles. The van der Waals surface area contributed by atoms with E-state index in [1.807, 2.05) is 0 Å². The van der Waals surface area contributed by atoms with Gasteiger partial charge >= 0.3 is 0 Å². The van der Waals surface area contributed by atoms with Crippen LogP contribution in [-0.2, 0) is 0 Å². The Morgan fingerprint density at radius 2 is 2.24 bits per heavy atom. The molecule has 2 heterocycles. The Balaban J connectivity index is 1.84. The molecule has 1 amide bonds. The molecule has 0 unspecified atom stereocenters. The van der Waals surface area contributed by atoms with Crippen molar-refractivity contribution in [2.45, 2.75) is 31.3 Å². The molecule has 7 heteroatoms. The number of fused-ring (bicyclic) bond motifs is 1. The number of likely N-dealkylation sites (N-methyl/N-ethyl adjacent to an activating group) is 1. The van der Waals surface area contributed by atoms with E-state index in [1.165, 1.54) is 11.3 Å². The smallest absolute Gasteiger partial charge is 0.265 e. The van der Waals surface area contributed by atoms with E-state index >= 15 is 0 Å². The number of nitrogens with zero attached hydrogens (tertiary/aromatic N) is 3. The van der Waals surface area contributed by atoms with Gasteiger partial charge in [-0.25, -0.2) is 0 Å². The first-order valence-corrected chi connectivity index (χ1v) is 7.79. The van der Waals surface area contributed by atoms with Gasteiger partial charge in [0.2, 0.25) is 0 Å². The number of carbonyl (C=O) groups excluding carboxylic acids is 1. The third kappa shape index (κ3) is 2.58. The fourth-order valence-corrected chi connectivity index (χ4v) is 3.94. The quantitative estimate of drug-likeness (QED) is 0.899. The van der Waals surface area contributed by atoms with Crippen molar-refractivity contribution < 1.29 is 9.90 Å². The third-order valence-corrected chi connectivity index (χ3v) is 5.12. The number of hydrogen-bond acceptors (Lipinski definition) is 6. The number of nitrogens with two attached hydrogens (primary N) is 1. The van der Waals surface area contributed by atoms with Crippen LogP contribution in [0, 0.1) is 0 Å². The van der Waals surface area contributed by atoms with Gasteiger partial charge in [-0.3, -0.25) is 4.79 Å². The number of nitrogen functional groups attached to an aromatic ring is 1. The lowest BCUT2D eigenvalue weighted by atomic mass is 10.0. The first-order valence-electron chi connectivity index (χ1n) is 6.98. The van der Waals surface area contributed by atoms with Crippen LogP contribution in [0.4, 0.5) is 5.69 Å². The van der Waals surface area contributed by atoms with E-state index in [9.17, 15) is 9.90 Å². The molecule has 0 spiro atoms. The molecule has 6 nitrogen and oxygen atoms in total. The highest BCUT2D eigenvalue weighted by atomic mass is 32.1. The summed E-state index contributed by atoms with van der Waals surface area (Å²) in [5.41, 5.74) is 5.74. The highest BCUT2D eigenvalue weighted by molar-refractivity contribution is 7.21. The Morgan fingerprint density at radius 1 is 1.52 bits per heavy atom. The van der Waals surface area contributed by atoms with Crippen LogP contribution in [0.5, 0.6) is 0 Å². The van der Waals surface area contributed by atoms with E-state index in [1.54, 1.807) is 24.2 Å². The normalized spacial score (nSPS) is 17.2. The first kappa shape index (κ1) is 14.2. The lowest BCUT2D eigenvalue weighted by Gasteiger charge is -2.28. The van der Waals surface area contributed by atoms with E-state index in [0.717, 1.165) is 31.1 Å². The fourth-order valence-electron chi connectivity index (χ4n) is 2.91. The predicted octanol–water partition coefficient (Wildman–Crippen LogP) is 1.65. The van der Waals surface area contributed by atoms with Crippen LogP contribution in [0.15, 0.2) is 12.3 Å². The maximum absolute atomic E-state index is 12.6. The minimum atomic E-state index is -0.754. The lowest BCUT2D eigenvalue weighted by molar-refractivity contribution is 0.0159. The van der Waals surface area contributed by atoms with Crippen molar-refractivity contribution in [3.05, 3.63) is 17.1 Å². The fraction of sp³-hybridized carbons (Fsp3) is 0.500. The number of thiophene rings is 1. The minimum Gasteiger partial charge on any atom is -0.397 e. The molecule has 21 heavy (non-hydrogen) atoms. The number of rotatable bonds is 3. The Kier molecular flexibility index (Phi) is 3.54. The number of amides is 1. The van der Waals surface area contributed by atoms with E-state index in [0.29, 0.717) is 21.9 Å². The Morgan fingerprint density at radius 3 is 2.90 bits per heavy atom. The summed E-state index contributed by atoms with van der Waals surface area (Å²) in [5.74, 6) is -0.171. The first-order chi connectivity index (χ1) is 10.0. The predicted molar refractivity (Wildman–Crippen MR) is 82.2 cm³/mol. The van der Waals surface area contributed by atoms with Crippen molar-refractivity contribution in [2.75, 3.05) is 19.3 Å². The van der Waals surface area contributed by atoms with Crippen LogP contribution in [0.25, 0.3) is 10.2 Å². The van der Waals surface area contributed by atoms with Gasteiger partial charge in [0.15, 0.2) is 0 Å². The maximum atomic E-state index is 12.6. The molecule has 3 N–H and O–H groups in total. The van der Waals surface area contributed by atoms with Gasteiger partial charge in [0.05, 0.1) is 17.5 Å². The summed E-state index contributed by atoms with van der Waals surface area (Å²) in [6, 6.07) is 1.76. The van der Waals surface area contributed by atoms with Crippen molar-refractivity contribution in [1.82, 2.24) is 15.1 Å². The van der Waals surface area contributed by atoms with E-state index in [4.69, 9.17) is 5.73 Å². The largest absolute Gasteiger partial charge is 0.397 e. The Hall–Kier alpha value is -1.73. The highest BCUT2D eigenvalue weighted by Gasteiger charge is 2.34. The molecule has 3 rings (SSSR count). The molecule has 1 fully saturated rings. The van der Waals surface area contributed by atoms with Crippen molar-refractivity contribution in [2.24, 2.45) is 0 Å². The number of aromatic nitrogens is 2. The second kappa shape index (κ2) is 5.23. The molecule has 2 aromatic heterocycles. The summed E-state index contributed by atoms with van der Waals surface area (Å²) in [6.07, 6.45) is 5.08. The molecule has 0 radical (unpaired) electrons. The van der Waals surface area contributed by atoms with Crippen LogP contribution >= 0.6 is 11.3 Å². The Labute approximate surface area is 126 Å². The van der Waals surface area contributed by atoms with Gasteiger partial charge in [-0.15, -0.1) is 16.4 Å². The highest BCUT2D eigenvalue weighted by Crippen LogP contribution is 2.34. The number of aliphatic hydroxyl groups is 1. The molecule has 0 aliphatic heterocycles. The van der Waals surface area contributed by atoms with Crippen LogP contribution < -0.4 is 5.73 Å². The van der Waals surface area contributed by atoms with Gasteiger partial charge < -0.3 is 15.7 Å². The lowest BCUT2D eigenvalue weighted by Crippen LogP contribution is -2.41. The van der Waals surface area contributed by atoms with E-state index < -0.39 is 5.60 Å². The van der Waals surface area contributed by atoms with E-state index in [2.05, 4.69) is 10.2 Å². The van der Waals surface area contributed by atoms with Gasteiger partial charge in [0.1, 0.15) is 9.71 Å². The molecule has 1 aliphatic carbocycles. The minimum absolute atomic E-state index is 0.171. The standard InChI is InChI=1S/C14H18N4O2S/c1-18(8-14(20)5-2-3-6-14)13(19)11-10(15)9-4-7-16-17-12(9)21-11/h4,7,20H,2-3,5-6,8,15H2,1H3. The average Bonchev–Trinajstić information content (AvgIpc) is 3.03. The van der Waals surface area contributed by atoms with Crippen molar-refractivity contribution in [3.63, 3.8) is 0 Å². The third-order valence-electron chi connectivity index (χ3n) is 4.03. The van der Waals surface area contributed by atoms with Crippen molar-refractivity contribution in [1.29, 1.82) is 0 Å². The molecule has 112 valence electrons. The monoisotopic (exact) mass is 306 g/mol. The van der Waals surface area contributed by atoms with Crippen LogP contribution in [-0.4, -0.2) is 45.3 Å². The van der Waals surface area contributed by atoms with Crippen LogP contribution in [0.1, 0.15) is 35.4 Å². The van der Waals surface area contributed by atoms with Crippen LogP contribution in [0.2, 0.25) is 0 Å². The molecule has 1 saturated carbocycles. The molecule has 0 bridgehead atoms. The number of anilines is 1. The summed E-state index contributed by atoms with van der Waals surface area (Å²) in [6.45, 7) is 0.338. The molecule has 1 aliphatic rings. The second-order valence-electron chi connectivity index (χ2n) is 5.69. The molecule has 0 saturated heterocycles. The number of hydrogen-bond donors (Lipinski definition) is 2. The molecular formula is C14H18N4O2S. The molecule has 0 atom stereocenters. The zero-order valence-corrected chi connectivity index (χ0v) is 12.7. The van der Waals surface area contributed by atoms with Crippen LogP contribution in [0.3, 0.4) is 0 Å². The van der Waals surface area contributed by atoms with Gasteiger partial charge in [-0.05, 0) is 18.9 Å². The maximum Gasteiger partial charge on any atom is 0.265 e. The topological polar surface area (TPSA) is 92.3 Å². The molecule has 2 aromatic rings. The summed E-state index contributed by atoms with van der Waals surface area (Å²) in [7, 11) is 1.70. The van der Waals surface area contributed by atoms with Gasteiger partial charge in [-0.1, -0.05) is 12.8 Å². The average molecular weight is 306 g/mol. The van der Waals surface area contributed by atoms with Crippen molar-refractivity contribution in [3.8, 4) is 0 Å². The van der Waals surface area contributed by atoms with Gasteiger partial charge in [0, 0.05) is 19.0 Å². The van der Waals surface area contributed by atoms with E-state index in [-0.39, 0.29) is 5.91 Å². The summed E-state index contributed by atoms with van der Waals surface area (Å²) < 4.78 is 0. The Bertz CT molecular complexity index is 679. The van der Waals surface area contributed by atoms with Gasteiger partial charge in [0.25, 0.3) is 5.91 Å². The number of carbonyl (C=O) groups is 1. The SMILES string of the molecule is CN(CC1(O)CCCC1)C(=O)c1sc2nnccc2c1N. The zero-order chi connectivity index (χ0) is 15.0. The van der Waals surface area contributed by atoms with Crippen molar-refractivity contribution >= 4 is 33.1 Å². The summed E-state index contributed by atoms with van der Waals surface area (Å²) in [5, 5.41) is 19.0.